The van der Waals surface area contributed by atoms with Gasteiger partial charge in [0.15, 0.2) is 0 Å². The molecule has 1 unspecified atom stereocenters. The summed E-state index contributed by atoms with van der Waals surface area (Å²) in [6.07, 6.45) is 46.5. The van der Waals surface area contributed by atoms with Crippen molar-refractivity contribution in [1.82, 2.24) is 0 Å². The molecule has 0 spiro atoms. The molecule has 2 aromatic rings. The van der Waals surface area contributed by atoms with Crippen LogP contribution in [0.5, 0.6) is 0 Å². The van der Waals surface area contributed by atoms with E-state index >= 15 is 0 Å². The van der Waals surface area contributed by atoms with Crippen molar-refractivity contribution in [3.8, 4) is 0 Å². The molecular formula is C55H94O3Si. The molecule has 0 fully saturated rings. The number of unbranched alkanes of at least 4 members (excludes halogenated alkanes) is 24. The molecule has 0 radical (unpaired) electrons. The van der Waals surface area contributed by atoms with Crippen LogP contribution in [-0.2, 0) is 13.9 Å². The molecule has 0 aromatic heterocycles. The van der Waals surface area contributed by atoms with Gasteiger partial charge in [-0.15, -0.1) is 0 Å². The highest BCUT2D eigenvalue weighted by atomic mass is 28.4. The van der Waals surface area contributed by atoms with E-state index in [4.69, 9.17) is 13.9 Å². The van der Waals surface area contributed by atoms with Crippen LogP contribution in [0.15, 0.2) is 85.0 Å². The molecule has 0 aliphatic carbocycles. The molecular weight excluding hydrogens is 737 g/mol. The fourth-order valence-electron chi connectivity index (χ4n) is 8.39. The van der Waals surface area contributed by atoms with Gasteiger partial charge in [-0.3, -0.25) is 0 Å². The minimum absolute atomic E-state index is 0.0609. The van der Waals surface area contributed by atoms with Gasteiger partial charge in [0.25, 0.3) is 8.32 Å². The van der Waals surface area contributed by atoms with E-state index in [0.29, 0.717) is 13.2 Å². The molecule has 0 amide bonds. The Hall–Kier alpha value is -1.98. The summed E-state index contributed by atoms with van der Waals surface area (Å²) in [5, 5.41) is 2.57. The summed E-state index contributed by atoms with van der Waals surface area (Å²) in [4.78, 5) is 0. The van der Waals surface area contributed by atoms with Gasteiger partial charge in [-0.05, 0) is 79.6 Å². The van der Waals surface area contributed by atoms with E-state index in [0.717, 1.165) is 26.1 Å². The first-order chi connectivity index (χ1) is 29.0. The fourth-order valence-corrected chi connectivity index (χ4v) is 13.0. The summed E-state index contributed by atoms with van der Waals surface area (Å²) in [6, 6.07) is 22.0. The Labute approximate surface area is 368 Å². The highest BCUT2D eigenvalue weighted by Crippen LogP contribution is 2.37. The molecule has 2 rings (SSSR count). The first-order valence-electron chi connectivity index (χ1n) is 25.2. The van der Waals surface area contributed by atoms with Gasteiger partial charge in [0, 0.05) is 13.2 Å². The number of hydrogen-bond acceptors (Lipinski definition) is 3. The maximum atomic E-state index is 7.32. The van der Waals surface area contributed by atoms with E-state index in [2.05, 4.69) is 120 Å². The van der Waals surface area contributed by atoms with Gasteiger partial charge in [-0.1, -0.05) is 235 Å². The van der Waals surface area contributed by atoms with Gasteiger partial charge < -0.3 is 13.9 Å². The van der Waals surface area contributed by atoms with Crippen LogP contribution in [0.2, 0.25) is 5.04 Å². The Bertz CT molecular complexity index is 1200. The quantitative estimate of drug-likeness (QED) is 0.0380. The predicted octanol–water partition coefficient (Wildman–Crippen LogP) is 16.0. The van der Waals surface area contributed by atoms with Gasteiger partial charge in [0.2, 0.25) is 0 Å². The molecule has 0 aliphatic heterocycles. The average Bonchev–Trinajstić information content (AvgIpc) is 3.24. The summed E-state index contributed by atoms with van der Waals surface area (Å²) in [5.41, 5.74) is 0. The van der Waals surface area contributed by atoms with Crippen molar-refractivity contribution in [2.45, 2.75) is 226 Å². The van der Waals surface area contributed by atoms with Crippen molar-refractivity contribution >= 4 is 18.7 Å². The third-order valence-electron chi connectivity index (χ3n) is 12.0. The molecule has 0 aliphatic rings. The second-order valence-electron chi connectivity index (χ2n) is 18.4. The predicted molar refractivity (Wildman–Crippen MR) is 263 cm³/mol. The Balaban J connectivity index is 1.77. The smallest absolute Gasteiger partial charge is 0.261 e. The number of allylic oxidation sites excluding steroid dienone is 4. The van der Waals surface area contributed by atoms with Crippen molar-refractivity contribution in [3.05, 3.63) is 85.0 Å². The van der Waals surface area contributed by atoms with Crippen LogP contribution < -0.4 is 10.4 Å². The Kier molecular flexibility index (Phi) is 33.0. The van der Waals surface area contributed by atoms with Gasteiger partial charge in [-0.25, -0.2) is 0 Å². The van der Waals surface area contributed by atoms with E-state index in [1.807, 2.05) is 0 Å². The summed E-state index contributed by atoms with van der Waals surface area (Å²) < 4.78 is 20.3. The van der Waals surface area contributed by atoms with Crippen molar-refractivity contribution in [3.63, 3.8) is 0 Å². The van der Waals surface area contributed by atoms with Crippen LogP contribution in [0.1, 0.15) is 214 Å². The van der Waals surface area contributed by atoms with Gasteiger partial charge in [0.1, 0.15) is 6.10 Å². The second-order valence-corrected chi connectivity index (χ2v) is 22.7. The molecule has 3 nitrogen and oxygen atoms in total. The van der Waals surface area contributed by atoms with Gasteiger partial charge in [-0.2, -0.15) is 0 Å². The molecule has 0 N–H and O–H groups in total. The average molecular weight is 831 g/mol. The van der Waals surface area contributed by atoms with Crippen LogP contribution in [0.25, 0.3) is 0 Å². The van der Waals surface area contributed by atoms with Crippen LogP contribution >= 0.6 is 0 Å². The number of ether oxygens (including phenoxy) is 2. The van der Waals surface area contributed by atoms with Crippen LogP contribution in [-0.4, -0.2) is 40.8 Å². The molecule has 336 valence electrons. The lowest BCUT2D eigenvalue weighted by atomic mass is 10.1. The monoisotopic (exact) mass is 831 g/mol. The summed E-state index contributed by atoms with van der Waals surface area (Å²) in [5.74, 6) is 0. The maximum absolute atomic E-state index is 7.32. The lowest BCUT2D eigenvalue weighted by Crippen LogP contribution is -2.67. The number of rotatable bonds is 40. The van der Waals surface area contributed by atoms with E-state index in [9.17, 15) is 0 Å². The van der Waals surface area contributed by atoms with Crippen molar-refractivity contribution in [2.24, 2.45) is 0 Å². The minimum atomic E-state index is -2.64. The molecule has 0 bridgehead atoms. The minimum Gasteiger partial charge on any atom is -0.405 e. The highest BCUT2D eigenvalue weighted by Gasteiger charge is 2.50. The van der Waals surface area contributed by atoms with Crippen molar-refractivity contribution < 1.29 is 13.9 Å². The lowest BCUT2D eigenvalue weighted by molar-refractivity contribution is -0.0405. The molecule has 2 aromatic carbocycles. The van der Waals surface area contributed by atoms with E-state index in [1.165, 1.54) is 177 Å². The van der Waals surface area contributed by atoms with Crippen molar-refractivity contribution in [1.29, 1.82) is 0 Å². The first kappa shape index (κ1) is 53.2. The zero-order valence-corrected chi connectivity index (χ0v) is 40.5. The zero-order valence-electron chi connectivity index (χ0n) is 39.5. The van der Waals surface area contributed by atoms with Gasteiger partial charge in [0.05, 0.1) is 13.2 Å². The van der Waals surface area contributed by atoms with E-state index < -0.39 is 8.32 Å². The summed E-state index contributed by atoms with van der Waals surface area (Å²) in [6.45, 7) is 14.4. The third-order valence-corrected chi connectivity index (χ3v) is 17.0. The lowest BCUT2D eigenvalue weighted by Gasteiger charge is -2.43. The zero-order chi connectivity index (χ0) is 42.4. The molecule has 0 heterocycles. The Morgan fingerprint density at radius 3 is 1.19 bits per heavy atom. The highest BCUT2D eigenvalue weighted by molar-refractivity contribution is 6.99. The van der Waals surface area contributed by atoms with Gasteiger partial charge >= 0.3 is 0 Å². The molecule has 0 saturated carbocycles. The topological polar surface area (TPSA) is 27.7 Å². The molecule has 1 atom stereocenters. The largest absolute Gasteiger partial charge is 0.405 e. The molecule has 0 saturated heterocycles. The van der Waals surface area contributed by atoms with Crippen LogP contribution in [0, 0.1) is 0 Å². The number of benzene rings is 2. The second kappa shape index (κ2) is 36.7. The maximum Gasteiger partial charge on any atom is 0.261 e. The molecule has 59 heavy (non-hydrogen) atoms. The fraction of sp³-hybridized carbons (Fsp3) is 0.709. The first-order valence-corrected chi connectivity index (χ1v) is 27.1. The Morgan fingerprint density at radius 1 is 0.441 bits per heavy atom. The molecule has 4 heteroatoms. The standard InChI is InChI=1S/C55H94O3Si/c1-6-8-10-12-14-16-18-20-22-24-26-28-30-32-34-42-48-56-50-52(57-49-43-35-33-31-29-27-25-23-21-19-17-15-13-11-9-7-2)51-58-59(55(3,4)5,53-44-38-36-39-45-53)54-46-40-37-41-47-54/h20-23,36-41,44-47,52H,6-19,24-35,42-43,48-51H2,1-5H3/b22-20-,23-21-. The third kappa shape index (κ3) is 25.5. The summed E-state index contributed by atoms with van der Waals surface area (Å²) >= 11 is 0. The Morgan fingerprint density at radius 2 is 0.797 bits per heavy atom. The summed E-state index contributed by atoms with van der Waals surface area (Å²) in [7, 11) is -2.64. The van der Waals surface area contributed by atoms with E-state index in [1.54, 1.807) is 0 Å². The van der Waals surface area contributed by atoms with Crippen LogP contribution in [0.3, 0.4) is 0 Å². The van der Waals surface area contributed by atoms with E-state index in [-0.39, 0.29) is 11.1 Å². The SMILES string of the molecule is CCCCCCCC/C=C\CCCCCCCCOCC(CO[Si](c1ccccc1)(c1ccccc1)C(C)(C)C)OCCCCCCCC/C=C\CCCCCCCC. The number of hydrogen-bond donors (Lipinski definition) is 0. The normalized spacial score (nSPS) is 13.0. The van der Waals surface area contributed by atoms with Crippen LogP contribution in [0.4, 0.5) is 0 Å². The van der Waals surface area contributed by atoms with Crippen molar-refractivity contribution in [2.75, 3.05) is 26.4 Å².